The van der Waals surface area contributed by atoms with Crippen molar-refractivity contribution in [3.63, 3.8) is 0 Å². The van der Waals surface area contributed by atoms with E-state index in [0.29, 0.717) is 12.8 Å². The average molecular weight is 1610 g/mol. The number of imide groups is 1. The molecule has 0 aromatic rings. The highest BCUT2D eigenvalue weighted by molar-refractivity contribution is 6.00. The second-order valence-electron chi connectivity index (χ2n) is 27.1. The number of aliphatic hydroxyl groups excluding tert-OH is 7. The van der Waals surface area contributed by atoms with E-state index in [0.717, 1.165) is 6.92 Å². The summed E-state index contributed by atoms with van der Waals surface area (Å²) in [5, 5.41) is 88.4. The molecule has 3 heterocycles. The van der Waals surface area contributed by atoms with E-state index in [9.17, 15) is 69.3 Å². The van der Waals surface area contributed by atoms with Crippen LogP contribution in [-0.2, 0) is 62.0 Å². The molecule has 0 spiro atoms. The summed E-state index contributed by atoms with van der Waals surface area (Å²) in [6, 6.07) is -11.8. The minimum absolute atomic E-state index is 0.00654. The van der Waals surface area contributed by atoms with Gasteiger partial charge in [-0.05, 0) is 89.9 Å². The molecule has 25 atom stereocenters. The second-order valence-corrected chi connectivity index (χ2v) is 27.1. The van der Waals surface area contributed by atoms with Crippen LogP contribution in [0, 0.1) is 0 Å². The Labute approximate surface area is 646 Å². The van der Waals surface area contributed by atoms with Gasteiger partial charge in [0.15, 0.2) is 54.6 Å². The summed E-state index contributed by atoms with van der Waals surface area (Å²) >= 11 is 0. The maximum absolute atomic E-state index is 14.3. The number of carbonyl (C=O) groups excluding carboxylic acids is 7. The third-order valence-electron chi connectivity index (χ3n) is 18.0. The van der Waals surface area contributed by atoms with Gasteiger partial charge in [-0.15, -0.1) is 0 Å². The predicted octanol–water partition coefficient (Wildman–Crippen LogP) is -16.7. The zero-order valence-corrected chi connectivity index (χ0v) is 63.0. The Morgan fingerprint density at radius 2 is 0.714 bits per heavy atom. The maximum Gasteiger partial charge on any atom is 0.249 e. The summed E-state index contributed by atoms with van der Waals surface area (Å²) in [5.74, 6) is -6.83. The van der Waals surface area contributed by atoms with E-state index >= 15 is 0 Å². The van der Waals surface area contributed by atoms with Crippen LogP contribution in [0.1, 0.15) is 104 Å². The van der Waals surface area contributed by atoms with Crippen LogP contribution in [0.5, 0.6) is 0 Å². The predicted molar refractivity (Wildman–Crippen MR) is 406 cm³/mol. The Balaban J connectivity index is 0.000000651. The van der Waals surface area contributed by atoms with Gasteiger partial charge >= 0.3 is 0 Å². The van der Waals surface area contributed by atoms with E-state index in [1.165, 1.54) is 0 Å². The minimum atomic E-state index is -1.59. The van der Waals surface area contributed by atoms with Gasteiger partial charge in [-0.25, -0.2) is 0 Å². The quantitative estimate of drug-likeness (QED) is 0.0153. The third kappa shape index (κ3) is 33.2. The van der Waals surface area contributed by atoms with E-state index in [1.807, 2.05) is 0 Å². The number of rotatable bonds is 44. The lowest BCUT2D eigenvalue weighted by Gasteiger charge is -2.47. The van der Waals surface area contributed by atoms with Gasteiger partial charge in [0.25, 0.3) is 0 Å². The van der Waals surface area contributed by atoms with Crippen molar-refractivity contribution in [1.82, 2.24) is 31.9 Å². The normalized spacial score (nSPS) is 28.3. The molecule has 7 amide bonds. The Hall–Kier alpha value is -8.65. The molecule has 0 aromatic heterocycles. The molecule has 1 saturated carbocycles. The number of hydrogen-bond donors (Lipinski definition) is 31. The van der Waals surface area contributed by atoms with Gasteiger partial charge < -0.3 is 194 Å². The maximum atomic E-state index is 14.3. The number of guanidine groups is 6. The molecule has 0 bridgehead atoms. The summed E-state index contributed by atoms with van der Waals surface area (Å²) in [4.78, 5) is 118. The fourth-order valence-corrected chi connectivity index (χ4v) is 12.0. The van der Waals surface area contributed by atoms with Crippen molar-refractivity contribution < 1.29 is 97.7 Å². The topological polar surface area (TPSA) is 931 Å². The molecule has 4 rings (SSSR count). The first-order valence-corrected chi connectivity index (χ1v) is 36.5. The largest absolute Gasteiger partial charge is 0.394 e. The number of nitrogens with two attached hydrogens (primary N) is 18. The number of ether oxygens (including phenoxy) is 6. The van der Waals surface area contributed by atoms with Crippen LogP contribution in [0.15, 0.2) is 30.0 Å². The molecule has 3 aliphatic heterocycles. The Kier molecular flexibility index (Phi) is 43.3. The first-order chi connectivity index (χ1) is 52.8. The lowest BCUT2D eigenvalue weighted by Crippen LogP contribution is -2.67. The van der Waals surface area contributed by atoms with Crippen molar-refractivity contribution in [3.05, 3.63) is 0 Å². The van der Waals surface area contributed by atoms with Crippen LogP contribution in [0.2, 0.25) is 0 Å². The summed E-state index contributed by atoms with van der Waals surface area (Å²) in [5.41, 5.74) is 102. The highest BCUT2D eigenvalue weighted by Crippen LogP contribution is 2.35. The Bertz CT molecular complexity index is 3110. The fourth-order valence-electron chi connectivity index (χ4n) is 12.0. The van der Waals surface area contributed by atoms with E-state index < -0.39 is 200 Å². The minimum Gasteiger partial charge on any atom is -0.394 e. The number of aliphatic hydroxyl groups is 7. The number of nitrogens with one attached hydrogen (secondary N) is 6. The van der Waals surface area contributed by atoms with Gasteiger partial charge in [0.2, 0.25) is 41.4 Å². The number of aliphatic imine (C=N–C) groups is 6. The zero-order chi connectivity index (χ0) is 84.2. The van der Waals surface area contributed by atoms with Crippen LogP contribution in [0.4, 0.5) is 0 Å². The van der Waals surface area contributed by atoms with Crippen LogP contribution in [-0.4, -0.2) is 318 Å². The number of amides is 7. The summed E-state index contributed by atoms with van der Waals surface area (Å²) in [7, 11) is 0. The average Bonchev–Trinajstić information content (AvgIpc) is 1.39. The lowest BCUT2D eigenvalue weighted by molar-refractivity contribution is -0.308. The molecule has 3 unspecified atom stereocenters. The smallest absolute Gasteiger partial charge is 0.249 e. The first kappa shape index (κ1) is 97.5. The standard InChI is InChI=1S/C38H77N25O7.C24H47N5O13/c1-20(64)58-28(66)22(9-3-15-53-34(42)43)60-30(68)24(11-5-17-55-36(46)47)62-32(70)26(13-7-19-57-38(50)51)63-31(69)25(12-6-18-56-37(48)49)61-29(67)23(10-4-16-54-35(44)45)59-27(65)21(39)8-2-14-52-33(40)41;1-2-8-14(32)16(34)11(28)22(37-8)40-19-7(27)3-6(26)13(31)21(19)42-24-18(36)20(10(5-30)39-24)41-23-12(29)17(35)15(33)9(4-25)38-23/h21-26H,2-19,39H2,1H3,(H,59,65)(H,60,68)(H,61,67)(H,62,70)(H,63,69)(H4,40,41,52)(H4,42,43,53)(H4,44,45,54)(H4,46,47,55)(H4,48,49,56)(H4,50,51,57)(H,58,64,66);6-24,30-36H,2-5,25-29H2,1H3/t21-,22-,23-,24-,25-,26-;6-,7+,8-,9-,10-,11-,12-,13+,14-,15-,16-,17-,18-,19?,20-,21-,22-,23?,24?/m11/s1. The van der Waals surface area contributed by atoms with Crippen LogP contribution in [0.3, 0.4) is 0 Å². The SMILES string of the molecule is CC(=O)NC(=O)[C@@H](CCCN=C(N)N)NC(=O)[C@@H](CCCN=C(N)N)NC(=O)[C@@H](CCCN=C(N)N)NC(=O)[C@@H](CCCN=C(N)N)NC(=O)[C@@H](CCCN=C(N)N)NC(=O)[C@H](N)CCCN=C(N)N.CC[C@H]1O[C@H](OC2[C@@H](N)C[C@@H](N)[C@H](O)[C@H]2OC2O[C@H](CO)[C@@H](OC3O[C@H](CN)[C@@H](O)[C@H](O)[C@H]3N)[C@H]2O)[C@H](N)[C@@H](O)[C@@H]1O. The molecular formula is C62H124N30O20. The van der Waals surface area contributed by atoms with Crippen molar-refractivity contribution in [1.29, 1.82) is 0 Å². The highest BCUT2D eigenvalue weighted by atomic mass is 16.8. The number of hydrogen-bond acceptors (Lipinski definition) is 32. The van der Waals surface area contributed by atoms with Gasteiger partial charge in [-0.2, -0.15) is 0 Å². The molecule has 4 aliphatic rings. The van der Waals surface area contributed by atoms with Gasteiger partial charge in [-0.3, -0.25) is 68.8 Å². The van der Waals surface area contributed by atoms with Gasteiger partial charge in [0.05, 0.1) is 36.9 Å². The molecule has 0 radical (unpaired) electrons. The van der Waals surface area contributed by atoms with Crippen molar-refractivity contribution >= 4 is 77.1 Å². The number of carbonyl (C=O) groups is 7. The Morgan fingerprint density at radius 1 is 0.402 bits per heavy atom. The molecule has 1 aliphatic carbocycles. The van der Waals surface area contributed by atoms with Crippen molar-refractivity contribution in [2.75, 3.05) is 52.4 Å². The molecule has 50 heteroatoms. The summed E-state index contributed by atoms with van der Waals surface area (Å²) in [6.07, 6.45) is -17.7. The molecule has 49 N–H and O–H groups in total. The zero-order valence-electron chi connectivity index (χ0n) is 63.0. The van der Waals surface area contributed by atoms with Gasteiger partial charge in [-0.1, -0.05) is 6.92 Å². The second kappa shape index (κ2) is 49.8. The fraction of sp³-hybridized carbons (Fsp3) is 0.790. The van der Waals surface area contributed by atoms with Crippen LogP contribution in [0.25, 0.3) is 0 Å². The van der Waals surface area contributed by atoms with Crippen molar-refractivity contribution in [3.8, 4) is 0 Å². The van der Waals surface area contributed by atoms with Gasteiger partial charge in [0, 0.05) is 64.8 Å². The molecule has 4 fully saturated rings. The van der Waals surface area contributed by atoms with E-state index in [-0.39, 0.29) is 159 Å². The van der Waals surface area contributed by atoms with E-state index in [1.54, 1.807) is 6.92 Å². The lowest BCUT2D eigenvalue weighted by atomic mass is 9.84. The number of nitrogens with zero attached hydrogens (tertiary/aromatic N) is 6. The van der Waals surface area contributed by atoms with Crippen LogP contribution < -0.4 is 135 Å². The molecule has 0 aromatic carbocycles. The molecule has 3 saturated heterocycles. The Morgan fingerprint density at radius 3 is 1.05 bits per heavy atom. The summed E-state index contributed by atoms with van der Waals surface area (Å²) < 4.78 is 34.9. The summed E-state index contributed by atoms with van der Waals surface area (Å²) in [6.45, 7) is 2.53. The molecule has 642 valence electrons. The highest BCUT2D eigenvalue weighted by Gasteiger charge is 2.55. The van der Waals surface area contributed by atoms with E-state index in [2.05, 4.69) is 61.9 Å². The molecular weight excluding hydrogens is 1480 g/mol. The van der Waals surface area contributed by atoms with E-state index in [4.69, 9.17) is 132 Å². The van der Waals surface area contributed by atoms with Gasteiger partial charge in [0.1, 0.15) is 91.2 Å². The molecule has 50 nitrogen and oxygen atoms in total. The van der Waals surface area contributed by atoms with Crippen molar-refractivity contribution in [2.24, 2.45) is 133 Å². The van der Waals surface area contributed by atoms with Crippen LogP contribution >= 0.6 is 0 Å². The first-order valence-electron chi connectivity index (χ1n) is 36.5. The third-order valence-corrected chi connectivity index (χ3v) is 18.0. The van der Waals surface area contributed by atoms with Crippen molar-refractivity contribution in [2.45, 2.75) is 256 Å². The monoisotopic (exact) mass is 1610 g/mol. The molecule has 112 heavy (non-hydrogen) atoms.